The first kappa shape index (κ1) is 10.2. The Morgan fingerprint density at radius 2 is 1.93 bits per heavy atom. The van der Waals surface area contributed by atoms with Crippen molar-refractivity contribution >= 4 is 10.9 Å². The predicted molar refractivity (Wildman–Crippen MR) is 58.4 cm³/mol. The zero-order valence-corrected chi connectivity index (χ0v) is 8.08. The summed E-state index contributed by atoms with van der Waals surface area (Å²) in [4.78, 5) is 18.1. The van der Waals surface area contributed by atoms with E-state index in [0.29, 0.717) is 11.2 Å². The van der Waals surface area contributed by atoms with Crippen LogP contribution in [0.3, 0.4) is 0 Å². The Bertz CT molecular complexity index is 488. The Balaban J connectivity index is 0.000000461. The first-order chi connectivity index (χ1) is 6.77. The zero-order chi connectivity index (χ0) is 10.6. The highest BCUT2D eigenvalue weighted by Crippen LogP contribution is 2.04. The third-order valence-electron chi connectivity index (χ3n) is 1.73. The standard InChI is InChI=1S/C9H8N2O.C2H4/c1-6-10-8-5-3-2-4-7(8)9(12)11-6;1-2/h2-5H,1H3,(H,10,11,12);1-2H2. The molecule has 3 heteroatoms. The van der Waals surface area contributed by atoms with Crippen LogP contribution in [0, 0.1) is 6.92 Å². The minimum absolute atomic E-state index is 0.0712. The van der Waals surface area contributed by atoms with Crippen LogP contribution in [0.5, 0.6) is 0 Å². The van der Waals surface area contributed by atoms with Gasteiger partial charge in [-0.25, -0.2) is 4.98 Å². The molecule has 72 valence electrons. The van der Waals surface area contributed by atoms with Crippen molar-refractivity contribution in [2.45, 2.75) is 6.92 Å². The Kier molecular flexibility index (Phi) is 3.18. The van der Waals surface area contributed by atoms with Crippen molar-refractivity contribution in [3.63, 3.8) is 0 Å². The minimum Gasteiger partial charge on any atom is -0.310 e. The highest BCUT2D eigenvalue weighted by molar-refractivity contribution is 5.76. The predicted octanol–water partition coefficient (Wildman–Crippen LogP) is 2.03. The van der Waals surface area contributed by atoms with Crippen LogP contribution in [-0.2, 0) is 0 Å². The molecule has 1 aromatic carbocycles. The molecule has 0 atom stereocenters. The van der Waals surface area contributed by atoms with Gasteiger partial charge in [0.25, 0.3) is 5.56 Å². The number of hydrogen-bond donors (Lipinski definition) is 1. The number of hydrogen-bond acceptors (Lipinski definition) is 2. The lowest BCUT2D eigenvalue weighted by molar-refractivity contribution is 1.06. The van der Waals surface area contributed by atoms with Crippen LogP contribution in [0.4, 0.5) is 0 Å². The molecule has 0 bridgehead atoms. The van der Waals surface area contributed by atoms with Crippen LogP contribution in [0.1, 0.15) is 5.82 Å². The summed E-state index contributed by atoms with van der Waals surface area (Å²) in [7, 11) is 0. The molecule has 0 spiro atoms. The van der Waals surface area contributed by atoms with E-state index in [0.717, 1.165) is 5.52 Å². The molecule has 0 saturated carbocycles. The lowest BCUT2D eigenvalue weighted by atomic mass is 10.2. The summed E-state index contributed by atoms with van der Waals surface area (Å²) >= 11 is 0. The molecule has 0 amide bonds. The second-order valence-electron chi connectivity index (χ2n) is 2.67. The van der Waals surface area contributed by atoms with Gasteiger partial charge in [-0.05, 0) is 19.1 Å². The second-order valence-corrected chi connectivity index (χ2v) is 2.67. The summed E-state index contributed by atoms with van der Waals surface area (Å²) in [6.45, 7) is 7.77. The minimum atomic E-state index is -0.0712. The van der Waals surface area contributed by atoms with Crippen molar-refractivity contribution in [2.75, 3.05) is 0 Å². The first-order valence-electron chi connectivity index (χ1n) is 4.23. The molecule has 14 heavy (non-hydrogen) atoms. The van der Waals surface area contributed by atoms with E-state index in [-0.39, 0.29) is 5.56 Å². The maximum Gasteiger partial charge on any atom is 0.258 e. The zero-order valence-electron chi connectivity index (χ0n) is 8.08. The van der Waals surface area contributed by atoms with Gasteiger partial charge in [-0.15, -0.1) is 13.2 Å². The molecule has 0 fully saturated rings. The molecule has 1 heterocycles. The molecule has 0 unspecified atom stereocenters. The largest absolute Gasteiger partial charge is 0.310 e. The average molecular weight is 188 g/mol. The van der Waals surface area contributed by atoms with Gasteiger partial charge in [-0.1, -0.05) is 12.1 Å². The van der Waals surface area contributed by atoms with Crippen LogP contribution in [0.15, 0.2) is 42.2 Å². The van der Waals surface area contributed by atoms with Crippen LogP contribution >= 0.6 is 0 Å². The Morgan fingerprint density at radius 3 is 2.64 bits per heavy atom. The van der Waals surface area contributed by atoms with E-state index in [1.54, 1.807) is 13.0 Å². The molecule has 0 saturated heterocycles. The summed E-state index contributed by atoms with van der Waals surface area (Å²) in [5.74, 6) is 0.652. The van der Waals surface area contributed by atoms with Crippen LogP contribution in [-0.4, -0.2) is 9.97 Å². The molecule has 2 rings (SSSR count). The fourth-order valence-electron chi connectivity index (χ4n) is 1.20. The summed E-state index contributed by atoms with van der Waals surface area (Å²) < 4.78 is 0. The lowest BCUT2D eigenvalue weighted by Gasteiger charge is -1.95. The van der Waals surface area contributed by atoms with Crippen LogP contribution in [0.25, 0.3) is 10.9 Å². The van der Waals surface area contributed by atoms with Crippen molar-refractivity contribution < 1.29 is 0 Å². The van der Waals surface area contributed by atoms with Gasteiger partial charge in [-0.3, -0.25) is 4.79 Å². The molecule has 0 radical (unpaired) electrons. The Labute approximate surface area is 82.1 Å². The van der Waals surface area contributed by atoms with Crippen LogP contribution in [0.2, 0.25) is 0 Å². The van der Waals surface area contributed by atoms with Crippen molar-refractivity contribution in [3.05, 3.63) is 53.6 Å². The van der Waals surface area contributed by atoms with Crippen molar-refractivity contribution in [3.8, 4) is 0 Å². The molecule has 2 aromatic rings. The summed E-state index contributed by atoms with van der Waals surface area (Å²) in [6.07, 6.45) is 0. The quantitative estimate of drug-likeness (QED) is 0.643. The topological polar surface area (TPSA) is 45.8 Å². The Hall–Kier alpha value is -1.90. The number of nitrogens with one attached hydrogen (secondary N) is 1. The molecule has 1 N–H and O–H groups in total. The van der Waals surface area contributed by atoms with Gasteiger partial charge in [-0.2, -0.15) is 0 Å². The number of rotatable bonds is 0. The smallest absolute Gasteiger partial charge is 0.258 e. The monoisotopic (exact) mass is 188 g/mol. The molecule has 0 aliphatic rings. The van der Waals surface area contributed by atoms with Gasteiger partial charge >= 0.3 is 0 Å². The molecular formula is C11H12N2O. The van der Waals surface area contributed by atoms with Gasteiger partial charge < -0.3 is 4.98 Å². The number of fused-ring (bicyclic) bond motifs is 1. The van der Waals surface area contributed by atoms with Gasteiger partial charge in [0.05, 0.1) is 10.9 Å². The third kappa shape index (κ3) is 1.88. The Morgan fingerprint density at radius 1 is 1.29 bits per heavy atom. The maximum atomic E-state index is 11.3. The van der Waals surface area contributed by atoms with E-state index in [1.807, 2.05) is 18.2 Å². The second kappa shape index (κ2) is 4.37. The van der Waals surface area contributed by atoms with E-state index in [9.17, 15) is 4.79 Å². The van der Waals surface area contributed by atoms with E-state index in [4.69, 9.17) is 0 Å². The van der Waals surface area contributed by atoms with E-state index in [1.165, 1.54) is 0 Å². The fraction of sp³-hybridized carbons (Fsp3) is 0.0909. The van der Waals surface area contributed by atoms with Crippen molar-refractivity contribution in [1.29, 1.82) is 0 Å². The van der Waals surface area contributed by atoms with Crippen LogP contribution < -0.4 is 5.56 Å². The first-order valence-corrected chi connectivity index (χ1v) is 4.23. The number of para-hydroxylation sites is 1. The van der Waals surface area contributed by atoms with Crippen molar-refractivity contribution in [1.82, 2.24) is 9.97 Å². The van der Waals surface area contributed by atoms with E-state index in [2.05, 4.69) is 23.1 Å². The summed E-state index contributed by atoms with van der Waals surface area (Å²) in [6, 6.07) is 7.29. The number of aryl methyl sites for hydroxylation is 1. The molecular weight excluding hydrogens is 176 g/mol. The summed E-state index contributed by atoms with van der Waals surface area (Å²) in [5.41, 5.74) is 0.678. The number of H-pyrrole nitrogens is 1. The van der Waals surface area contributed by atoms with Gasteiger partial charge in [0, 0.05) is 0 Å². The molecule has 1 aromatic heterocycles. The highest BCUT2D eigenvalue weighted by atomic mass is 16.1. The normalized spacial score (nSPS) is 9.21. The van der Waals surface area contributed by atoms with Crippen molar-refractivity contribution in [2.24, 2.45) is 0 Å². The lowest BCUT2D eigenvalue weighted by Crippen LogP contribution is -2.09. The van der Waals surface area contributed by atoms with E-state index >= 15 is 0 Å². The number of benzene rings is 1. The third-order valence-corrected chi connectivity index (χ3v) is 1.73. The molecule has 3 nitrogen and oxygen atoms in total. The van der Waals surface area contributed by atoms with Gasteiger partial charge in [0.1, 0.15) is 5.82 Å². The van der Waals surface area contributed by atoms with E-state index < -0.39 is 0 Å². The molecule has 0 aliphatic heterocycles. The molecule has 0 aliphatic carbocycles. The number of aromatic nitrogens is 2. The summed E-state index contributed by atoms with van der Waals surface area (Å²) in [5, 5.41) is 0.642. The average Bonchev–Trinajstić information content (AvgIpc) is 2.20. The highest BCUT2D eigenvalue weighted by Gasteiger charge is 1.97. The fourth-order valence-corrected chi connectivity index (χ4v) is 1.20. The van der Waals surface area contributed by atoms with Gasteiger partial charge in [0.2, 0.25) is 0 Å². The van der Waals surface area contributed by atoms with Gasteiger partial charge in [0.15, 0.2) is 0 Å². The maximum absolute atomic E-state index is 11.3. The number of aromatic amines is 1. The SMILES string of the molecule is C=C.Cc1nc2ccccc2c(=O)[nH]1. The number of nitrogens with zero attached hydrogens (tertiary/aromatic N) is 1.